The van der Waals surface area contributed by atoms with Gasteiger partial charge in [-0.3, -0.25) is 9.69 Å². The minimum Gasteiger partial charge on any atom is -0.495 e. The minimum absolute atomic E-state index is 0.154. The zero-order chi connectivity index (χ0) is 24.8. The van der Waals surface area contributed by atoms with Crippen molar-refractivity contribution in [2.24, 2.45) is 5.10 Å². The molecule has 0 saturated carbocycles. The number of nitrogens with zero attached hydrogens (tertiary/aromatic N) is 4. The van der Waals surface area contributed by atoms with Crippen LogP contribution in [0, 0.1) is 0 Å². The number of carbonyl (C=O) groups excluding carboxylic acids is 1. The third-order valence-corrected chi connectivity index (χ3v) is 6.20. The fourth-order valence-corrected chi connectivity index (χ4v) is 4.34. The first-order chi connectivity index (χ1) is 17.0. The van der Waals surface area contributed by atoms with Crippen LogP contribution in [0.15, 0.2) is 41.5 Å². The molecule has 0 atom stereocenters. The Bertz CT molecular complexity index is 1040. The van der Waals surface area contributed by atoms with E-state index in [1.54, 1.807) is 26.2 Å². The molecular formula is C25H33N5O5. The average molecular weight is 484 g/mol. The molecule has 0 aliphatic carbocycles. The molecule has 2 aromatic carbocycles. The van der Waals surface area contributed by atoms with Gasteiger partial charge in [-0.25, -0.2) is 5.43 Å². The Labute approximate surface area is 206 Å². The molecule has 2 aliphatic rings. The van der Waals surface area contributed by atoms with Crippen molar-refractivity contribution in [2.75, 3.05) is 79.2 Å². The molecular weight excluding hydrogens is 450 g/mol. The lowest BCUT2D eigenvalue weighted by atomic mass is 10.1. The largest absolute Gasteiger partial charge is 0.495 e. The molecule has 1 saturated heterocycles. The Kier molecular flexibility index (Phi) is 7.81. The zero-order valence-electron chi connectivity index (χ0n) is 20.7. The number of ether oxygens (including phenoxy) is 4. The zero-order valence-corrected chi connectivity index (χ0v) is 20.7. The SMILES string of the molecule is COc1ccccc1N1CCN(CCOc2c(OC)cc(C3=NNC(=O)CN3C)cc2OC)CC1. The summed E-state index contributed by atoms with van der Waals surface area (Å²) in [6.07, 6.45) is 0. The molecule has 2 aliphatic heterocycles. The normalized spacial score (nSPS) is 16.5. The Hall–Kier alpha value is -3.66. The van der Waals surface area contributed by atoms with Gasteiger partial charge in [-0.1, -0.05) is 12.1 Å². The molecule has 0 unspecified atom stereocenters. The monoisotopic (exact) mass is 483 g/mol. The van der Waals surface area contributed by atoms with Crippen LogP contribution < -0.4 is 29.3 Å². The van der Waals surface area contributed by atoms with Crippen LogP contribution in [0.5, 0.6) is 23.0 Å². The van der Waals surface area contributed by atoms with Crippen LogP contribution in [0.3, 0.4) is 0 Å². The van der Waals surface area contributed by atoms with Gasteiger partial charge in [0.25, 0.3) is 5.91 Å². The molecule has 1 N–H and O–H groups in total. The van der Waals surface area contributed by atoms with E-state index in [0.717, 1.165) is 49.7 Å². The number of amides is 1. The number of rotatable bonds is 9. The van der Waals surface area contributed by atoms with E-state index in [2.05, 4.69) is 26.4 Å². The Morgan fingerprint density at radius 1 is 0.943 bits per heavy atom. The van der Waals surface area contributed by atoms with Crippen molar-refractivity contribution in [3.63, 3.8) is 0 Å². The van der Waals surface area contributed by atoms with E-state index < -0.39 is 0 Å². The highest BCUT2D eigenvalue weighted by atomic mass is 16.5. The molecule has 4 rings (SSSR count). The molecule has 0 spiro atoms. The molecule has 188 valence electrons. The maximum atomic E-state index is 11.6. The van der Waals surface area contributed by atoms with Crippen LogP contribution in [-0.4, -0.2) is 95.8 Å². The van der Waals surface area contributed by atoms with Crippen LogP contribution in [0.1, 0.15) is 5.56 Å². The summed E-state index contributed by atoms with van der Waals surface area (Å²) in [5.41, 5.74) is 4.42. The standard InChI is InChI=1S/C25H33N5O5/c1-28-17-23(31)26-27-25(28)18-15-21(33-3)24(22(16-18)34-4)35-14-13-29-9-11-30(12-10-29)19-7-5-6-8-20(19)32-2/h5-8,15-16H,9-14,17H2,1-4H3,(H,26,31). The third kappa shape index (κ3) is 5.54. The number of para-hydroxylation sites is 2. The van der Waals surface area contributed by atoms with Crippen LogP contribution in [-0.2, 0) is 4.79 Å². The highest BCUT2D eigenvalue weighted by Crippen LogP contribution is 2.39. The summed E-state index contributed by atoms with van der Waals surface area (Å²) < 4.78 is 22.9. The van der Waals surface area contributed by atoms with Crippen molar-refractivity contribution in [3.8, 4) is 23.0 Å². The van der Waals surface area contributed by atoms with Gasteiger partial charge in [-0.05, 0) is 24.3 Å². The molecule has 10 heteroatoms. The number of benzene rings is 2. The topological polar surface area (TPSA) is 88.1 Å². The van der Waals surface area contributed by atoms with Crippen LogP contribution in [0.2, 0.25) is 0 Å². The highest BCUT2D eigenvalue weighted by molar-refractivity contribution is 6.03. The van der Waals surface area contributed by atoms with Gasteiger partial charge < -0.3 is 28.7 Å². The van der Waals surface area contributed by atoms with Gasteiger partial charge in [0.1, 0.15) is 12.4 Å². The lowest BCUT2D eigenvalue weighted by molar-refractivity contribution is -0.121. The molecule has 0 bridgehead atoms. The quantitative estimate of drug-likeness (QED) is 0.576. The number of likely N-dealkylation sites (N-methyl/N-ethyl adjacent to an activating group) is 1. The number of hydrazone groups is 1. The number of anilines is 1. The summed E-state index contributed by atoms with van der Waals surface area (Å²) in [6, 6.07) is 11.8. The number of hydrogen-bond donors (Lipinski definition) is 1. The summed E-state index contributed by atoms with van der Waals surface area (Å²) in [5, 5.41) is 4.18. The van der Waals surface area contributed by atoms with Crippen LogP contribution >= 0.6 is 0 Å². The fourth-order valence-electron chi connectivity index (χ4n) is 4.34. The fraction of sp³-hybridized carbons (Fsp3) is 0.440. The van der Waals surface area contributed by atoms with E-state index in [-0.39, 0.29) is 12.5 Å². The number of methoxy groups -OCH3 is 3. The summed E-state index contributed by atoms with van der Waals surface area (Å²) in [4.78, 5) is 18.1. The van der Waals surface area contributed by atoms with Crippen molar-refractivity contribution >= 4 is 17.4 Å². The average Bonchev–Trinajstić information content (AvgIpc) is 2.89. The van der Waals surface area contributed by atoms with Gasteiger partial charge >= 0.3 is 0 Å². The number of carbonyl (C=O) groups is 1. The molecule has 0 aromatic heterocycles. The number of piperazine rings is 1. The lowest BCUT2D eigenvalue weighted by Gasteiger charge is -2.36. The summed E-state index contributed by atoms with van der Waals surface area (Å²) >= 11 is 0. The predicted molar refractivity (Wildman–Crippen MR) is 134 cm³/mol. The first-order valence-electron chi connectivity index (χ1n) is 11.6. The Balaban J connectivity index is 1.37. The van der Waals surface area contributed by atoms with Gasteiger partial charge in [-0.2, -0.15) is 5.10 Å². The minimum atomic E-state index is -0.154. The Morgan fingerprint density at radius 3 is 2.23 bits per heavy atom. The molecule has 35 heavy (non-hydrogen) atoms. The van der Waals surface area contributed by atoms with E-state index in [4.69, 9.17) is 18.9 Å². The van der Waals surface area contributed by atoms with Crippen LogP contribution in [0.25, 0.3) is 0 Å². The number of nitrogens with one attached hydrogen (secondary N) is 1. The van der Waals surface area contributed by atoms with E-state index in [1.807, 2.05) is 37.4 Å². The smallest absolute Gasteiger partial charge is 0.259 e. The maximum absolute atomic E-state index is 11.6. The molecule has 1 amide bonds. The highest BCUT2D eigenvalue weighted by Gasteiger charge is 2.23. The molecule has 10 nitrogen and oxygen atoms in total. The van der Waals surface area contributed by atoms with Crippen LogP contribution in [0.4, 0.5) is 5.69 Å². The van der Waals surface area contributed by atoms with Gasteiger partial charge in [-0.15, -0.1) is 0 Å². The maximum Gasteiger partial charge on any atom is 0.259 e. The predicted octanol–water partition coefficient (Wildman–Crippen LogP) is 1.64. The van der Waals surface area contributed by atoms with Gasteiger partial charge in [0.15, 0.2) is 17.3 Å². The number of hydrogen-bond acceptors (Lipinski definition) is 9. The van der Waals surface area contributed by atoms with E-state index in [0.29, 0.717) is 29.7 Å². The van der Waals surface area contributed by atoms with E-state index >= 15 is 0 Å². The van der Waals surface area contributed by atoms with Crippen molar-refractivity contribution < 1.29 is 23.7 Å². The second-order valence-corrected chi connectivity index (χ2v) is 8.39. The molecule has 0 radical (unpaired) electrons. The molecule has 1 fully saturated rings. The second kappa shape index (κ2) is 11.2. The third-order valence-electron chi connectivity index (χ3n) is 6.20. The summed E-state index contributed by atoms with van der Waals surface area (Å²) in [7, 11) is 6.71. The summed E-state index contributed by atoms with van der Waals surface area (Å²) in [6.45, 7) is 5.24. The van der Waals surface area contributed by atoms with Crippen molar-refractivity contribution in [1.29, 1.82) is 0 Å². The van der Waals surface area contributed by atoms with Crippen molar-refractivity contribution in [1.82, 2.24) is 15.2 Å². The van der Waals surface area contributed by atoms with Crippen molar-refractivity contribution in [2.45, 2.75) is 0 Å². The van der Waals surface area contributed by atoms with E-state index in [9.17, 15) is 4.79 Å². The molecule has 2 aromatic rings. The second-order valence-electron chi connectivity index (χ2n) is 8.39. The first-order valence-corrected chi connectivity index (χ1v) is 11.6. The number of amidine groups is 1. The molecule has 2 heterocycles. The van der Waals surface area contributed by atoms with Gasteiger partial charge in [0, 0.05) is 45.3 Å². The van der Waals surface area contributed by atoms with Gasteiger partial charge in [0.05, 0.1) is 33.6 Å². The summed E-state index contributed by atoms with van der Waals surface area (Å²) in [5.74, 6) is 3.02. The van der Waals surface area contributed by atoms with Gasteiger partial charge in [0.2, 0.25) is 5.75 Å². The van der Waals surface area contributed by atoms with Crippen molar-refractivity contribution in [3.05, 3.63) is 42.0 Å². The van der Waals surface area contributed by atoms with E-state index in [1.165, 1.54) is 0 Å². The lowest BCUT2D eigenvalue weighted by Crippen LogP contribution is -2.47. The Morgan fingerprint density at radius 2 is 1.60 bits per heavy atom. The first kappa shape index (κ1) is 24.5.